The molecule has 1 aliphatic rings. The molecule has 1 aromatic heterocycles. The number of rotatable bonds is 3. The van der Waals surface area contributed by atoms with Crippen LogP contribution < -0.4 is 5.32 Å². The van der Waals surface area contributed by atoms with Crippen LogP contribution in [-0.2, 0) is 9.59 Å². The predicted molar refractivity (Wildman–Crippen MR) is 61.9 cm³/mol. The Kier molecular flexibility index (Phi) is 3.09. The number of aromatic amines is 1. The van der Waals surface area contributed by atoms with Gasteiger partial charge in [0.1, 0.15) is 11.5 Å². The molecule has 0 saturated heterocycles. The molecule has 5 nitrogen and oxygen atoms in total. The molecule has 0 aliphatic heterocycles. The second-order valence-electron chi connectivity index (χ2n) is 3.71. The molecular weight excluding hydrogens is 220 g/mol. The maximum atomic E-state index is 11.5. The maximum Gasteiger partial charge on any atom is 0.248 e. The summed E-state index contributed by atoms with van der Waals surface area (Å²) in [7, 11) is 0. The van der Waals surface area contributed by atoms with Crippen LogP contribution in [0.3, 0.4) is 0 Å². The smallest absolute Gasteiger partial charge is 0.248 e. The van der Waals surface area contributed by atoms with Crippen molar-refractivity contribution in [3.05, 3.63) is 41.6 Å². The van der Waals surface area contributed by atoms with Crippen molar-refractivity contribution in [3.63, 3.8) is 0 Å². The Morgan fingerprint density at radius 3 is 2.88 bits per heavy atom. The van der Waals surface area contributed by atoms with Crippen molar-refractivity contribution in [2.75, 3.05) is 0 Å². The van der Waals surface area contributed by atoms with Gasteiger partial charge < -0.3 is 15.4 Å². The molecule has 5 heteroatoms. The number of ketones is 1. The summed E-state index contributed by atoms with van der Waals surface area (Å²) in [5.74, 6) is -0.702. The molecule has 0 unspecified atom stereocenters. The lowest BCUT2D eigenvalue weighted by Gasteiger charge is -2.01. The fraction of sp³-hybridized carbons (Fsp3) is 0.167. The first-order valence-corrected chi connectivity index (χ1v) is 5.24. The number of amides is 1. The zero-order chi connectivity index (χ0) is 12.3. The van der Waals surface area contributed by atoms with Gasteiger partial charge in [0.25, 0.3) is 0 Å². The van der Waals surface area contributed by atoms with Gasteiger partial charge in [-0.05, 0) is 17.7 Å². The third-order valence-electron chi connectivity index (χ3n) is 2.45. The lowest BCUT2D eigenvalue weighted by atomic mass is 10.3. The van der Waals surface area contributed by atoms with E-state index in [-0.39, 0.29) is 23.7 Å². The van der Waals surface area contributed by atoms with Gasteiger partial charge in [0.05, 0.1) is 0 Å². The summed E-state index contributed by atoms with van der Waals surface area (Å²) in [6.07, 6.45) is 6.96. The number of nitrogens with one attached hydrogen (secondary N) is 2. The summed E-state index contributed by atoms with van der Waals surface area (Å²) in [6.45, 7) is 0. The number of aliphatic hydroxyl groups excluding tert-OH is 1. The van der Waals surface area contributed by atoms with Gasteiger partial charge in [0.2, 0.25) is 5.91 Å². The fourth-order valence-electron chi connectivity index (χ4n) is 1.56. The minimum absolute atomic E-state index is 0.0220. The largest absolute Gasteiger partial charge is 0.510 e. The van der Waals surface area contributed by atoms with Crippen LogP contribution in [0.15, 0.2) is 36.0 Å². The number of carbonyl (C=O) groups is 2. The number of hydrogen-bond acceptors (Lipinski definition) is 3. The highest BCUT2D eigenvalue weighted by Crippen LogP contribution is 2.18. The Labute approximate surface area is 97.8 Å². The molecule has 1 heterocycles. The lowest BCUT2D eigenvalue weighted by Crippen LogP contribution is -2.24. The first-order valence-electron chi connectivity index (χ1n) is 5.24. The van der Waals surface area contributed by atoms with Crippen LogP contribution >= 0.6 is 0 Å². The standard InChI is InChI=1S/C12H12N2O3/c15-9-2-3-10(16)12(9)14-11(17)4-1-8-5-6-13-7-8/h1,4-7,13,15H,2-3H2,(H,14,17). The number of Topliss-reactive ketones (excluding diaryl/α,β-unsaturated/α-hetero) is 1. The van der Waals surface area contributed by atoms with E-state index in [1.165, 1.54) is 6.08 Å². The minimum Gasteiger partial charge on any atom is -0.510 e. The molecule has 3 N–H and O–H groups in total. The summed E-state index contributed by atoms with van der Waals surface area (Å²) in [6, 6.07) is 1.81. The van der Waals surface area contributed by atoms with Crippen molar-refractivity contribution < 1.29 is 14.7 Å². The summed E-state index contributed by atoms with van der Waals surface area (Å²) >= 11 is 0. The van der Waals surface area contributed by atoms with Gasteiger partial charge in [0, 0.05) is 31.3 Å². The quantitative estimate of drug-likeness (QED) is 0.686. The van der Waals surface area contributed by atoms with Gasteiger partial charge >= 0.3 is 0 Å². The number of H-pyrrole nitrogens is 1. The first kappa shape index (κ1) is 11.2. The van der Waals surface area contributed by atoms with Crippen LogP contribution in [0.1, 0.15) is 18.4 Å². The van der Waals surface area contributed by atoms with E-state index in [0.717, 1.165) is 5.56 Å². The van der Waals surface area contributed by atoms with E-state index in [4.69, 9.17) is 0 Å². The van der Waals surface area contributed by atoms with Crippen molar-refractivity contribution >= 4 is 17.8 Å². The topological polar surface area (TPSA) is 82.2 Å². The van der Waals surface area contributed by atoms with Gasteiger partial charge in [-0.15, -0.1) is 0 Å². The minimum atomic E-state index is -0.428. The van der Waals surface area contributed by atoms with Gasteiger partial charge in [-0.2, -0.15) is 0 Å². The molecule has 0 atom stereocenters. The highest BCUT2D eigenvalue weighted by atomic mass is 16.3. The average molecular weight is 232 g/mol. The summed E-state index contributed by atoms with van der Waals surface area (Å²) in [5, 5.41) is 11.8. The molecule has 0 radical (unpaired) electrons. The third-order valence-corrected chi connectivity index (χ3v) is 2.45. The molecule has 0 saturated carbocycles. The van der Waals surface area contributed by atoms with Crippen LogP contribution in [-0.4, -0.2) is 21.8 Å². The molecule has 0 aromatic carbocycles. The Morgan fingerprint density at radius 2 is 2.29 bits per heavy atom. The highest BCUT2D eigenvalue weighted by molar-refractivity contribution is 6.04. The van der Waals surface area contributed by atoms with E-state index < -0.39 is 5.91 Å². The zero-order valence-electron chi connectivity index (χ0n) is 9.06. The molecular formula is C12H12N2O3. The second-order valence-corrected chi connectivity index (χ2v) is 3.71. The zero-order valence-corrected chi connectivity index (χ0v) is 9.06. The molecule has 0 fully saturated rings. The average Bonchev–Trinajstić information content (AvgIpc) is 2.91. The van der Waals surface area contributed by atoms with Crippen molar-refractivity contribution in [3.8, 4) is 0 Å². The van der Waals surface area contributed by atoms with Crippen molar-refractivity contribution in [2.45, 2.75) is 12.8 Å². The number of carbonyl (C=O) groups excluding carboxylic acids is 2. The molecule has 1 amide bonds. The van der Waals surface area contributed by atoms with Crippen LogP contribution in [0.4, 0.5) is 0 Å². The Bertz CT molecular complexity index is 498. The van der Waals surface area contributed by atoms with E-state index in [1.54, 1.807) is 24.5 Å². The number of aromatic nitrogens is 1. The van der Waals surface area contributed by atoms with Gasteiger partial charge in [-0.3, -0.25) is 9.59 Å². The SMILES string of the molecule is O=C(C=Cc1cc[nH]c1)NC1=C(O)CCC1=O. The van der Waals surface area contributed by atoms with Gasteiger partial charge in [-0.25, -0.2) is 0 Å². The molecule has 1 aliphatic carbocycles. The molecule has 17 heavy (non-hydrogen) atoms. The van der Waals surface area contributed by atoms with E-state index >= 15 is 0 Å². The predicted octanol–water partition coefficient (Wildman–Crippen LogP) is 1.28. The summed E-state index contributed by atoms with van der Waals surface area (Å²) < 4.78 is 0. The van der Waals surface area contributed by atoms with Crippen molar-refractivity contribution in [2.24, 2.45) is 0 Å². The fourth-order valence-corrected chi connectivity index (χ4v) is 1.56. The van der Waals surface area contributed by atoms with Crippen molar-refractivity contribution in [1.29, 1.82) is 0 Å². The van der Waals surface area contributed by atoms with Crippen LogP contribution in [0, 0.1) is 0 Å². The molecule has 0 bridgehead atoms. The summed E-state index contributed by atoms with van der Waals surface area (Å²) in [5.41, 5.74) is 0.879. The lowest BCUT2D eigenvalue weighted by molar-refractivity contribution is -0.119. The number of allylic oxidation sites excluding steroid dienone is 2. The van der Waals surface area contributed by atoms with E-state index in [1.807, 2.05) is 0 Å². The van der Waals surface area contributed by atoms with Crippen LogP contribution in [0.5, 0.6) is 0 Å². The monoisotopic (exact) mass is 232 g/mol. The second kappa shape index (κ2) is 4.69. The maximum absolute atomic E-state index is 11.5. The molecule has 0 spiro atoms. The molecule has 1 aromatic rings. The highest BCUT2D eigenvalue weighted by Gasteiger charge is 2.23. The van der Waals surface area contributed by atoms with Crippen LogP contribution in [0.2, 0.25) is 0 Å². The van der Waals surface area contributed by atoms with Crippen molar-refractivity contribution in [1.82, 2.24) is 10.3 Å². The van der Waals surface area contributed by atoms with E-state index in [2.05, 4.69) is 10.3 Å². The van der Waals surface area contributed by atoms with Gasteiger partial charge in [0.15, 0.2) is 5.78 Å². The van der Waals surface area contributed by atoms with Crippen LogP contribution in [0.25, 0.3) is 6.08 Å². The number of hydrogen-bond donors (Lipinski definition) is 3. The Morgan fingerprint density at radius 1 is 1.47 bits per heavy atom. The van der Waals surface area contributed by atoms with E-state index in [9.17, 15) is 14.7 Å². The first-order chi connectivity index (χ1) is 8.16. The number of aliphatic hydroxyl groups is 1. The third kappa shape index (κ3) is 2.63. The Balaban J connectivity index is 1.98. The summed E-state index contributed by atoms with van der Waals surface area (Å²) in [4.78, 5) is 25.6. The molecule has 2 rings (SSSR count). The normalized spacial score (nSPS) is 15.9. The molecule has 88 valence electrons. The van der Waals surface area contributed by atoms with Gasteiger partial charge in [-0.1, -0.05) is 0 Å². The Hall–Kier alpha value is -2.30. The van der Waals surface area contributed by atoms with E-state index in [0.29, 0.717) is 6.42 Å².